The number of β-amino-alcohol motifs (C(OH)–C–C–N with tert-alkyl or cyclic N) is 1. The predicted octanol–water partition coefficient (Wildman–Crippen LogP) is 2.16. The minimum Gasteiger partial charge on any atom is -0.467 e. The summed E-state index contributed by atoms with van der Waals surface area (Å²) in [5, 5.41) is 19.0. The Balaban J connectivity index is 1.77. The number of hydrogen-bond donors (Lipinski definition) is 1. The van der Waals surface area contributed by atoms with Gasteiger partial charge in [0.1, 0.15) is 27.5 Å². The lowest BCUT2D eigenvalue weighted by molar-refractivity contribution is -0.122. The fourth-order valence-corrected chi connectivity index (χ4v) is 5.67. The van der Waals surface area contributed by atoms with Gasteiger partial charge in [-0.25, -0.2) is 0 Å². The van der Waals surface area contributed by atoms with E-state index in [2.05, 4.69) is 15.9 Å². The molecule has 9 nitrogen and oxygen atoms in total. The molecule has 0 spiro atoms. The van der Waals surface area contributed by atoms with E-state index < -0.39 is 0 Å². The third-order valence-corrected chi connectivity index (χ3v) is 7.67. The van der Waals surface area contributed by atoms with Gasteiger partial charge in [-0.15, -0.1) is 0 Å². The average molecular weight is 514 g/mol. The number of carbonyl (C=O) groups is 1. The number of thiocarbonyl (C=S) groups is 1. The van der Waals surface area contributed by atoms with Gasteiger partial charge in [0.25, 0.3) is 11.5 Å². The van der Waals surface area contributed by atoms with Crippen LogP contribution >= 0.6 is 24.0 Å². The molecule has 2 aliphatic heterocycles. The van der Waals surface area contributed by atoms with Crippen LogP contribution in [-0.2, 0) is 17.9 Å². The highest BCUT2D eigenvalue weighted by Crippen LogP contribution is 2.36. The van der Waals surface area contributed by atoms with Gasteiger partial charge in [0.2, 0.25) is 0 Å². The average Bonchev–Trinajstić information content (AvgIpc) is 3.46. The number of nitrogens with zero attached hydrogens (tertiary/aromatic N) is 5. The van der Waals surface area contributed by atoms with Crippen molar-refractivity contribution in [3.05, 3.63) is 56.1 Å². The zero-order valence-electron chi connectivity index (χ0n) is 19.7. The van der Waals surface area contributed by atoms with Crippen molar-refractivity contribution in [3.8, 4) is 6.07 Å². The number of aromatic nitrogens is 1. The van der Waals surface area contributed by atoms with Crippen LogP contribution in [0.4, 0.5) is 5.82 Å². The molecule has 0 aromatic carbocycles. The van der Waals surface area contributed by atoms with Gasteiger partial charge in [0.05, 0.1) is 24.3 Å². The Morgan fingerprint density at radius 1 is 1.29 bits per heavy atom. The molecule has 184 valence electrons. The first-order valence-corrected chi connectivity index (χ1v) is 12.7. The fraction of sp³-hybridized carbons (Fsp3) is 0.417. The summed E-state index contributed by atoms with van der Waals surface area (Å²) in [7, 11) is 0. The van der Waals surface area contributed by atoms with E-state index >= 15 is 0 Å². The van der Waals surface area contributed by atoms with E-state index in [1.807, 2.05) is 6.92 Å². The summed E-state index contributed by atoms with van der Waals surface area (Å²) in [6.07, 6.45) is 3.31. The van der Waals surface area contributed by atoms with E-state index in [1.54, 1.807) is 36.0 Å². The van der Waals surface area contributed by atoms with Crippen molar-refractivity contribution in [3.63, 3.8) is 0 Å². The molecule has 4 rings (SSSR count). The molecule has 0 radical (unpaired) electrons. The number of furan rings is 1. The summed E-state index contributed by atoms with van der Waals surface area (Å²) >= 11 is 6.68. The second-order valence-electron chi connectivity index (χ2n) is 8.30. The predicted molar refractivity (Wildman–Crippen MR) is 139 cm³/mol. The van der Waals surface area contributed by atoms with Crippen molar-refractivity contribution in [2.75, 3.05) is 44.2 Å². The molecule has 11 heteroatoms. The maximum absolute atomic E-state index is 13.3. The molecule has 2 aliphatic rings. The van der Waals surface area contributed by atoms with Gasteiger partial charge < -0.3 is 14.4 Å². The van der Waals surface area contributed by atoms with Gasteiger partial charge in [0.15, 0.2) is 0 Å². The summed E-state index contributed by atoms with van der Waals surface area (Å²) < 4.78 is 7.42. The summed E-state index contributed by atoms with van der Waals surface area (Å²) in [4.78, 5) is 32.7. The topological polar surface area (TPSA) is 106 Å². The summed E-state index contributed by atoms with van der Waals surface area (Å²) in [6.45, 7) is 7.75. The monoisotopic (exact) mass is 513 g/mol. The molecule has 4 heterocycles. The van der Waals surface area contributed by atoms with Crippen LogP contribution in [0.25, 0.3) is 6.08 Å². The van der Waals surface area contributed by atoms with Crippen LogP contribution in [0.2, 0.25) is 0 Å². The third kappa shape index (κ3) is 4.92. The number of thioether (sulfide) groups is 1. The maximum atomic E-state index is 13.3. The molecule has 35 heavy (non-hydrogen) atoms. The molecule has 0 aliphatic carbocycles. The Morgan fingerprint density at radius 3 is 2.63 bits per heavy atom. The number of carbonyl (C=O) groups excluding carboxylic acids is 1. The maximum Gasteiger partial charge on any atom is 0.270 e. The number of nitriles is 1. The van der Waals surface area contributed by atoms with Crippen LogP contribution in [0.5, 0.6) is 0 Å². The van der Waals surface area contributed by atoms with E-state index in [1.165, 1.54) is 16.7 Å². The molecule has 0 saturated carbocycles. The molecular formula is C24H27N5O4S2. The standard InChI is InChI=1S/C24H27N5O4S2/c1-3-28-21(27-8-6-26(7-9-27)10-11-30)18(16(2)19(14-25)22(28)31)13-20-23(32)29(24(34)35-20)15-17-5-4-12-33-17/h4-5,12-13,30H,3,6-11,15H2,1-2H3. The third-order valence-electron chi connectivity index (χ3n) is 6.29. The summed E-state index contributed by atoms with van der Waals surface area (Å²) in [5.41, 5.74) is 0.970. The second-order valence-corrected chi connectivity index (χ2v) is 9.97. The van der Waals surface area contributed by atoms with Crippen LogP contribution in [0, 0.1) is 18.3 Å². The molecule has 0 bridgehead atoms. The molecule has 1 amide bonds. The molecule has 2 saturated heterocycles. The Kier molecular flexibility index (Phi) is 7.76. The highest BCUT2D eigenvalue weighted by molar-refractivity contribution is 8.26. The molecule has 2 fully saturated rings. The normalized spacial score (nSPS) is 18.1. The molecule has 1 N–H and O–H groups in total. The van der Waals surface area contributed by atoms with Crippen LogP contribution < -0.4 is 10.5 Å². The number of aliphatic hydroxyl groups excluding tert-OH is 1. The van der Waals surface area contributed by atoms with E-state index in [0.717, 1.165) is 13.1 Å². The van der Waals surface area contributed by atoms with Crippen LogP contribution in [-0.4, -0.2) is 69.0 Å². The number of aliphatic hydroxyl groups is 1. The van der Waals surface area contributed by atoms with Gasteiger partial charge >= 0.3 is 0 Å². The Morgan fingerprint density at radius 2 is 2.03 bits per heavy atom. The van der Waals surface area contributed by atoms with Crippen molar-refractivity contribution in [2.45, 2.75) is 26.9 Å². The number of rotatable bonds is 7. The van der Waals surface area contributed by atoms with Crippen molar-refractivity contribution in [2.24, 2.45) is 0 Å². The number of anilines is 1. The molecule has 2 aromatic heterocycles. The number of pyridine rings is 1. The highest BCUT2D eigenvalue weighted by Gasteiger charge is 2.34. The van der Waals surface area contributed by atoms with E-state index in [-0.39, 0.29) is 30.2 Å². The fourth-order valence-electron chi connectivity index (χ4n) is 4.43. The first-order chi connectivity index (χ1) is 16.9. The van der Waals surface area contributed by atoms with Crippen LogP contribution in [0.15, 0.2) is 32.5 Å². The van der Waals surface area contributed by atoms with Gasteiger partial charge in [0, 0.05) is 44.8 Å². The summed E-state index contributed by atoms with van der Waals surface area (Å²) in [5.74, 6) is 1.10. The van der Waals surface area contributed by atoms with Crippen molar-refractivity contribution in [1.29, 1.82) is 5.26 Å². The van der Waals surface area contributed by atoms with Gasteiger partial charge in [-0.1, -0.05) is 24.0 Å². The lowest BCUT2D eigenvalue weighted by Gasteiger charge is -2.37. The zero-order valence-corrected chi connectivity index (χ0v) is 21.3. The van der Waals surface area contributed by atoms with E-state index in [0.29, 0.717) is 58.1 Å². The Bertz CT molecular complexity index is 1250. The minimum atomic E-state index is -0.331. The van der Waals surface area contributed by atoms with Gasteiger partial charge in [-0.3, -0.25) is 24.0 Å². The number of piperazine rings is 1. The van der Waals surface area contributed by atoms with Crippen molar-refractivity contribution < 1.29 is 14.3 Å². The smallest absolute Gasteiger partial charge is 0.270 e. The van der Waals surface area contributed by atoms with Gasteiger partial charge in [-0.05, 0) is 37.6 Å². The number of hydrogen-bond acceptors (Lipinski definition) is 9. The number of amides is 1. The van der Waals surface area contributed by atoms with Crippen molar-refractivity contribution in [1.82, 2.24) is 14.4 Å². The minimum absolute atomic E-state index is 0.0758. The second kappa shape index (κ2) is 10.8. The van der Waals surface area contributed by atoms with Crippen LogP contribution in [0.3, 0.4) is 0 Å². The van der Waals surface area contributed by atoms with Crippen molar-refractivity contribution >= 4 is 46.1 Å². The van der Waals surface area contributed by atoms with Crippen LogP contribution in [0.1, 0.15) is 29.4 Å². The lowest BCUT2D eigenvalue weighted by atomic mass is 10.0. The first-order valence-electron chi connectivity index (χ1n) is 11.4. The Hall–Kier alpha value is -2.91. The van der Waals surface area contributed by atoms with Gasteiger partial charge in [-0.2, -0.15) is 5.26 Å². The van der Waals surface area contributed by atoms with E-state index in [4.69, 9.17) is 16.6 Å². The largest absolute Gasteiger partial charge is 0.467 e. The summed E-state index contributed by atoms with van der Waals surface area (Å²) in [6, 6.07) is 5.61. The first kappa shape index (κ1) is 25.2. The molecule has 0 atom stereocenters. The molecular weight excluding hydrogens is 486 g/mol. The SMILES string of the molecule is CCn1c(N2CCN(CCO)CC2)c(C=C2SC(=S)N(Cc3ccco3)C2=O)c(C)c(C#N)c1=O. The molecule has 0 unspecified atom stereocenters. The highest BCUT2D eigenvalue weighted by atomic mass is 32.2. The zero-order chi connectivity index (χ0) is 25.1. The quantitative estimate of drug-likeness (QED) is 0.440. The Labute approximate surface area is 213 Å². The lowest BCUT2D eigenvalue weighted by Crippen LogP contribution is -2.49. The van der Waals surface area contributed by atoms with E-state index in [9.17, 15) is 20.0 Å². The molecule has 2 aromatic rings.